The number of nitrogens with one attached hydrogen (secondary N) is 2. The number of hydrogen-bond acceptors (Lipinski definition) is 3. The lowest BCUT2D eigenvalue weighted by atomic mass is 9.95. The normalized spacial score (nSPS) is 12.7. The molecule has 154 valence electrons. The van der Waals surface area contributed by atoms with Crippen LogP contribution in [0, 0.1) is 19.7 Å². The smallest absolute Gasteiger partial charge is 0.243 e. The maximum absolute atomic E-state index is 14.0. The van der Waals surface area contributed by atoms with Gasteiger partial charge in [-0.05, 0) is 42.2 Å². The fraction of sp³-hybridized carbons (Fsp3) is 0.318. The first-order valence-electron chi connectivity index (χ1n) is 9.34. The van der Waals surface area contributed by atoms with Crippen molar-refractivity contribution in [2.75, 3.05) is 0 Å². The Morgan fingerprint density at radius 2 is 1.55 bits per heavy atom. The molecular formula is C22H26FN3O3. The minimum atomic E-state index is -1.04. The number of rotatable bonds is 8. The highest BCUT2D eigenvalue weighted by molar-refractivity contribution is 5.91. The Labute approximate surface area is 169 Å². The van der Waals surface area contributed by atoms with Crippen LogP contribution in [0.1, 0.15) is 29.2 Å². The molecule has 2 aromatic rings. The third-order valence-corrected chi connectivity index (χ3v) is 4.79. The van der Waals surface area contributed by atoms with Crippen molar-refractivity contribution in [1.29, 1.82) is 0 Å². The second-order valence-corrected chi connectivity index (χ2v) is 7.09. The topological polar surface area (TPSA) is 101 Å². The van der Waals surface area contributed by atoms with Gasteiger partial charge in [0.15, 0.2) is 0 Å². The van der Waals surface area contributed by atoms with E-state index in [1.165, 1.54) is 13.0 Å². The van der Waals surface area contributed by atoms with Gasteiger partial charge in [-0.1, -0.05) is 36.4 Å². The van der Waals surface area contributed by atoms with Gasteiger partial charge in [0.1, 0.15) is 17.9 Å². The number of primary amides is 1. The van der Waals surface area contributed by atoms with Gasteiger partial charge < -0.3 is 16.4 Å². The lowest BCUT2D eigenvalue weighted by Crippen LogP contribution is -2.54. The van der Waals surface area contributed by atoms with E-state index in [-0.39, 0.29) is 18.4 Å². The van der Waals surface area contributed by atoms with Gasteiger partial charge in [0, 0.05) is 19.8 Å². The molecule has 2 rings (SSSR count). The van der Waals surface area contributed by atoms with Crippen LogP contribution >= 0.6 is 0 Å². The second-order valence-electron chi connectivity index (χ2n) is 7.09. The zero-order valence-electron chi connectivity index (χ0n) is 16.8. The summed E-state index contributed by atoms with van der Waals surface area (Å²) >= 11 is 0. The Morgan fingerprint density at radius 1 is 0.931 bits per heavy atom. The van der Waals surface area contributed by atoms with E-state index < -0.39 is 35.6 Å². The average molecular weight is 399 g/mol. The molecule has 0 bridgehead atoms. The standard InChI is InChI=1S/C22H26FN3O3/c1-13-7-6-8-14(2)17(13)12-19(21(24)28)26-22(29)20(25-15(3)27)11-16-9-4-5-10-18(16)23/h4-10,19-20H,11-12H2,1-3H3,(H2,24,28)(H,25,27)(H,26,29)/t19-,20-/m1/s1. The molecule has 0 saturated carbocycles. The van der Waals surface area contributed by atoms with E-state index in [0.717, 1.165) is 16.7 Å². The van der Waals surface area contributed by atoms with E-state index in [9.17, 15) is 18.8 Å². The summed E-state index contributed by atoms with van der Waals surface area (Å²) < 4.78 is 14.0. The van der Waals surface area contributed by atoms with Crippen LogP contribution in [-0.2, 0) is 27.2 Å². The molecule has 4 N–H and O–H groups in total. The number of hydrogen-bond donors (Lipinski definition) is 3. The van der Waals surface area contributed by atoms with E-state index in [4.69, 9.17) is 5.73 Å². The average Bonchev–Trinajstić information content (AvgIpc) is 2.64. The number of carbonyl (C=O) groups excluding carboxylic acids is 3. The molecule has 0 radical (unpaired) electrons. The molecule has 2 aromatic carbocycles. The van der Waals surface area contributed by atoms with Crippen LogP contribution in [0.15, 0.2) is 42.5 Å². The molecule has 0 aliphatic heterocycles. The number of aryl methyl sites for hydroxylation is 2. The number of amides is 3. The number of nitrogens with two attached hydrogens (primary N) is 1. The Hall–Kier alpha value is -3.22. The van der Waals surface area contributed by atoms with Crippen LogP contribution in [0.3, 0.4) is 0 Å². The minimum Gasteiger partial charge on any atom is -0.368 e. The molecule has 3 amide bonds. The summed E-state index contributed by atoms with van der Waals surface area (Å²) in [5.41, 5.74) is 8.68. The van der Waals surface area contributed by atoms with Crippen LogP contribution in [0.5, 0.6) is 0 Å². The number of carbonyl (C=O) groups is 3. The highest BCUT2D eigenvalue weighted by Gasteiger charge is 2.26. The van der Waals surface area contributed by atoms with Gasteiger partial charge >= 0.3 is 0 Å². The third kappa shape index (κ3) is 6.14. The highest BCUT2D eigenvalue weighted by Crippen LogP contribution is 2.16. The van der Waals surface area contributed by atoms with Crippen molar-refractivity contribution in [2.24, 2.45) is 5.73 Å². The van der Waals surface area contributed by atoms with Crippen molar-refractivity contribution in [3.8, 4) is 0 Å². The van der Waals surface area contributed by atoms with Crippen molar-refractivity contribution < 1.29 is 18.8 Å². The van der Waals surface area contributed by atoms with Gasteiger partial charge in [0.2, 0.25) is 17.7 Å². The Balaban J connectivity index is 2.21. The molecule has 29 heavy (non-hydrogen) atoms. The van der Waals surface area contributed by atoms with Crippen molar-refractivity contribution in [3.63, 3.8) is 0 Å². The Kier molecular flexibility index (Phi) is 7.47. The van der Waals surface area contributed by atoms with Gasteiger partial charge in [-0.25, -0.2) is 4.39 Å². The SMILES string of the molecule is CC(=O)N[C@H](Cc1ccccc1F)C(=O)N[C@H](Cc1c(C)cccc1C)C(N)=O. The van der Waals surface area contributed by atoms with Crippen LogP contribution in [-0.4, -0.2) is 29.8 Å². The summed E-state index contributed by atoms with van der Waals surface area (Å²) in [6, 6.07) is 9.76. The fourth-order valence-electron chi connectivity index (χ4n) is 3.21. The van der Waals surface area contributed by atoms with Crippen LogP contribution in [0.2, 0.25) is 0 Å². The lowest BCUT2D eigenvalue weighted by molar-refractivity contribution is -0.130. The van der Waals surface area contributed by atoms with Gasteiger partial charge in [-0.2, -0.15) is 0 Å². The summed E-state index contributed by atoms with van der Waals surface area (Å²) in [6.45, 7) is 5.10. The van der Waals surface area contributed by atoms with E-state index in [2.05, 4.69) is 10.6 Å². The van der Waals surface area contributed by atoms with Crippen LogP contribution in [0.4, 0.5) is 4.39 Å². The first-order valence-corrected chi connectivity index (χ1v) is 9.34. The molecule has 7 heteroatoms. The zero-order valence-corrected chi connectivity index (χ0v) is 16.8. The molecular weight excluding hydrogens is 373 g/mol. The van der Waals surface area contributed by atoms with Crippen LogP contribution in [0.25, 0.3) is 0 Å². The van der Waals surface area contributed by atoms with Crippen molar-refractivity contribution in [2.45, 2.75) is 45.7 Å². The molecule has 6 nitrogen and oxygen atoms in total. The summed E-state index contributed by atoms with van der Waals surface area (Å²) in [6.07, 6.45) is 0.180. The van der Waals surface area contributed by atoms with E-state index in [0.29, 0.717) is 0 Å². The molecule has 0 aliphatic rings. The van der Waals surface area contributed by atoms with Gasteiger partial charge in [0.05, 0.1) is 0 Å². The third-order valence-electron chi connectivity index (χ3n) is 4.79. The van der Waals surface area contributed by atoms with Gasteiger partial charge in [-0.15, -0.1) is 0 Å². The van der Waals surface area contributed by atoms with Gasteiger partial charge in [0.25, 0.3) is 0 Å². The van der Waals surface area contributed by atoms with Crippen molar-refractivity contribution in [3.05, 3.63) is 70.5 Å². The molecule has 0 spiro atoms. The van der Waals surface area contributed by atoms with Crippen molar-refractivity contribution in [1.82, 2.24) is 10.6 Å². The molecule has 0 aromatic heterocycles. The summed E-state index contributed by atoms with van der Waals surface area (Å²) in [5, 5.41) is 5.13. The lowest BCUT2D eigenvalue weighted by Gasteiger charge is -2.23. The quantitative estimate of drug-likeness (QED) is 0.630. The molecule has 0 fully saturated rings. The van der Waals surface area contributed by atoms with Crippen LogP contribution < -0.4 is 16.4 Å². The minimum absolute atomic E-state index is 0.0486. The second kappa shape index (κ2) is 9.82. The highest BCUT2D eigenvalue weighted by atomic mass is 19.1. The predicted molar refractivity (Wildman–Crippen MR) is 108 cm³/mol. The number of halogens is 1. The maximum Gasteiger partial charge on any atom is 0.243 e. The van der Waals surface area contributed by atoms with Gasteiger partial charge in [-0.3, -0.25) is 14.4 Å². The first kappa shape index (κ1) is 22.1. The molecule has 0 heterocycles. The fourth-order valence-corrected chi connectivity index (χ4v) is 3.21. The van der Waals surface area contributed by atoms with E-state index in [1.807, 2.05) is 32.0 Å². The Bertz CT molecular complexity index is 894. The Morgan fingerprint density at radius 3 is 2.10 bits per heavy atom. The summed E-state index contributed by atoms with van der Waals surface area (Å²) in [4.78, 5) is 36.3. The van der Waals surface area contributed by atoms with Crippen molar-refractivity contribution >= 4 is 17.7 Å². The maximum atomic E-state index is 14.0. The first-order chi connectivity index (χ1) is 13.7. The molecule has 2 atom stereocenters. The molecule has 0 saturated heterocycles. The monoisotopic (exact) mass is 399 g/mol. The largest absolute Gasteiger partial charge is 0.368 e. The molecule has 0 aliphatic carbocycles. The summed E-state index contributed by atoms with van der Waals surface area (Å²) in [7, 11) is 0. The number of benzene rings is 2. The molecule has 0 unspecified atom stereocenters. The predicted octanol–water partition coefficient (Wildman–Crippen LogP) is 1.70. The van der Waals surface area contributed by atoms with E-state index in [1.54, 1.807) is 18.2 Å². The van der Waals surface area contributed by atoms with E-state index >= 15 is 0 Å². The summed E-state index contributed by atoms with van der Waals surface area (Å²) in [5.74, 6) is -2.20. The zero-order chi connectivity index (χ0) is 21.6.